The molecule has 1 saturated heterocycles. The predicted molar refractivity (Wildman–Crippen MR) is 37.1 cm³/mol. The van der Waals surface area contributed by atoms with Gasteiger partial charge in [0.15, 0.2) is 15.6 Å². The maximum atomic E-state index is 10.8. The average Bonchev–Trinajstić information content (AvgIpc) is 1.95. The van der Waals surface area contributed by atoms with E-state index in [-0.39, 0.29) is 10.5 Å². The van der Waals surface area contributed by atoms with Gasteiger partial charge in [-0.1, -0.05) is 13.2 Å². The third kappa shape index (κ3) is 0.806. The van der Waals surface area contributed by atoms with E-state index < -0.39 is 21.4 Å². The number of hydrogen-bond donors (Lipinski definition) is 0. The number of Topliss-reactive ketones (excluding diaryl/α,β-unsaturated/α-hetero) is 1. The van der Waals surface area contributed by atoms with Crippen LogP contribution in [0.4, 0.5) is 0 Å². The third-order valence-electron chi connectivity index (χ3n) is 1.37. The van der Waals surface area contributed by atoms with Crippen LogP contribution >= 0.6 is 0 Å². The maximum absolute atomic E-state index is 10.8. The highest BCUT2D eigenvalue weighted by Gasteiger charge is 2.33. The molecule has 1 aliphatic rings. The van der Waals surface area contributed by atoms with Gasteiger partial charge in [-0.3, -0.25) is 4.79 Å². The fourth-order valence-corrected chi connectivity index (χ4v) is 1.87. The summed E-state index contributed by atoms with van der Waals surface area (Å²) in [6, 6.07) is 0. The van der Waals surface area contributed by atoms with Gasteiger partial charge in [0, 0.05) is 5.57 Å². The number of carbonyl (C=O) groups is 1. The summed E-state index contributed by atoms with van der Waals surface area (Å²) in [5.41, 5.74) is 0.0278. The molecule has 1 heterocycles. The first kappa shape index (κ1) is 7.21. The minimum atomic E-state index is -3.37. The van der Waals surface area contributed by atoms with Crippen LogP contribution in [0, 0.1) is 0 Å². The van der Waals surface area contributed by atoms with Crippen molar-refractivity contribution in [3.8, 4) is 0 Å². The van der Waals surface area contributed by atoms with Gasteiger partial charge in [-0.05, 0) is 0 Å². The Kier molecular flexibility index (Phi) is 1.29. The fourth-order valence-electron chi connectivity index (χ4n) is 0.690. The normalized spacial score (nSPS) is 23.8. The molecule has 0 aromatic heterocycles. The number of rotatable bonds is 0. The van der Waals surface area contributed by atoms with E-state index in [1.165, 1.54) is 0 Å². The van der Waals surface area contributed by atoms with Gasteiger partial charge in [-0.2, -0.15) is 0 Å². The molecule has 0 spiro atoms. The quantitative estimate of drug-likeness (QED) is 0.468. The van der Waals surface area contributed by atoms with Crippen LogP contribution in [0.15, 0.2) is 23.6 Å². The van der Waals surface area contributed by atoms with Gasteiger partial charge in [0.05, 0.1) is 4.91 Å². The molecule has 1 rings (SSSR count). The highest BCUT2D eigenvalue weighted by Crippen LogP contribution is 2.23. The van der Waals surface area contributed by atoms with E-state index in [1.54, 1.807) is 0 Å². The summed E-state index contributed by atoms with van der Waals surface area (Å²) in [4.78, 5) is 10.5. The predicted octanol–water partition coefficient (Wildman–Crippen LogP) is 0.0538. The molecule has 0 radical (unpaired) electrons. The van der Waals surface area contributed by atoms with E-state index in [0.717, 1.165) is 0 Å². The second-order valence-electron chi connectivity index (χ2n) is 2.08. The van der Waals surface area contributed by atoms with Gasteiger partial charge in [-0.15, -0.1) is 0 Å². The molecule has 4 heteroatoms. The summed E-state index contributed by atoms with van der Waals surface area (Å²) in [5, 5.41) is 0. The van der Waals surface area contributed by atoms with E-state index in [1.807, 2.05) is 0 Å². The van der Waals surface area contributed by atoms with Crippen molar-refractivity contribution in [2.75, 3.05) is 5.75 Å². The van der Waals surface area contributed by atoms with Crippen LogP contribution in [-0.4, -0.2) is 20.0 Å². The number of sulfone groups is 1. The van der Waals surface area contributed by atoms with Gasteiger partial charge >= 0.3 is 0 Å². The first-order valence-electron chi connectivity index (χ1n) is 2.59. The van der Waals surface area contributed by atoms with Crippen molar-refractivity contribution >= 4 is 15.6 Å². The lowest BCUT2D eigenvalue weighted by molar-refractivity contribution is -0.112. The summed E-state index contributed by atoms with van der Waals surface area (Å²) in [5.74, 6) is -0.894. The Labute approximate surface area is 59.0 Å². The van der Waals surface area contributed by atoms with E-state index in [4.69, 9.17) is 0 Å². The molecular weight excluding hydrogens is 152 g/mol. The Morgan fingerprint density at radius 2 is 1.80 bits per heavy atom. The van der Waals surface area contributed by atoms with Gasteiger partial charge in [0.25, 0.3) is 0 Å². The van der Waals surface area contributed by atoms with Crippen molar-refractivity contribution < 1.29 is 13.2 Å². The van der Waals surface area contributed by atoms with E-state index in [9.17, 15) is 13.2 Å². The lowest BCUT2D eigenvalue weighted by Crippen LogP contribution is -2.02. The Balaban J connectivity index is 3.30. The summed E-state index contributed by atoms with van der Waals surface area (Å²) in [6.45, 7) is 6.51. The number of hydrogen-bond acceptors (Lipinski definition) is 3. The fraction of sp³-hybridized carbons (Fsp3) is 0.167. The number of allylic oxidation sites excluding steroid dienone is 1. The van der Waals surface area contributed by atoms with E-state index in [0.29, 0.717) is 0 Å². The Morgan fingerprint density at radius 3 is 1.90 bits per heavy atom. The topological polar surface area (TPSA) is 51.2 Å². The minimum absolute atomic E-state index is 0.0278. The molecule has 0 N–H and O–H groups in total. The van der Waals surface area contributed by atoms with Crippen LogP contribution in [-0.2, 0) is 14.6 Å². The SMILES string of the molecule is C=C1C(=C)S(=O)(=O)CC1=O. The molecule has 1 fully saturated rings. The van der Waals surface area contributed by atoms with Gasteiger partial charge in [-0.25, -0.2) is 8.42 Å². The zero-order valence-corrected chi connectivity index (χ0v) is 6.07. The molecule has 1 aliphatic heterocycles. The molecule has 0 aliphatic carbocycles. The van der Waals surface area contributed by atoms with Gasteiger partial charge in [0.2, 0.25) is 0 Å². The first-order valence-corrected chi connectivity index (χ1v) is 4.24. The summed E-state index contributed by atoms with van der Waals surface area (Å²) in [6.07, 6.45) is 0. The van der Waals surface area contributed by atoms with Gasteiger partial charge in [0.1, 0.15) is 5.75 Å². The third-order valence-corrected chi connectivity index (χ3v) is 3.01. The standard InChI is InChI=1S/C6H6O3S/c1-4-5(2)10(8,9)3-6(4)7/h1-3H2. The zero-order valence-electron chi connectivity index (χ0n) is 5.25. The van der Waals surface area contributed by atoms with Crippen LogP contribution in [0.3, 0.4) is 0 Å². The van der Waals surface area contributed by atoms with Crippen LogP contribution in [0.5, 0.6) is 0 Å². The van der Waals surface area contributed by atoms with Crippen molar-refractivity contribution in [1.82, 2.24) is 0 Å². The number of ketones is 1. The smallest absolute Gasteiger partial charge is 0.185 e. The second-order valence-corrected chi connectivity index (χ2v) is 4.09. The Hall–Kier alpha value is -0.900. The van der Waals surface area contributed by atoms with E-state index in [2.05, 4.69) is 13.2 Å². The largest absolute Gasteiger partial charge is 0.293 e. The van der Waals surface area contributed by atoms with Crippen molar-refractivity contribution in [3.05, 3.63) is 23.6 Å². The highest BCUT2D eigenvalue weighted by atomic mass is 32.2. The molecule has 0 aromatic carbocycles. The Bertz CT molecular complexity index is 321. The second kappa shape index (κ2) is 1.79. The lowest BCUT2D eigenvalue weighted by atomic mass is 10.2. The molecular formula is C6H6O3S. The van der Waals surface area contributed by atoms with Crippen LogP contribution in [0.1, 0.15) is 0 Å². The van der Waals surface area contributed by atoms with Crippen LogP contribution in [0.2, 0.25) is 0 Å². The molecule has 0 atom stereocenters. The van der Waals surface area contributed by atoms with E-state index >= 15 is 0 Å². The summed E-state index contributed by atoms with van der Waals surface area (Å²) >= 11 is 0. The molecule has 10 heavy (non-hydrogen) atoms. The molecule has 3 nitrogen and oxygen atoms in total. The zero-order chi connectivity index (χ0) is 7.94. The maximum Gasteiger partial charge on any atom is 0.185 e. The molecule has 0 saturated carbocycles. The van der Waals surface area contributed by atoms with Crippen molar-refractivity contribution in [1.29, 1.82) is 0 Å². The lowest BCUT2D eigenvalue weighted by Gasteiger charge is -1.88. The monoisotopic (exact) mass is 158 g/mol. The van der Waals surface area contributed by atoms with Crippen LogP contribution in [0.25, 0.3) is 0 Å². The van der Waals surface area contributed by atoms with Crippen molar-refractivity contribution in [3.63, 3.8) is 0 Å². The van der Waals surface area contributed by atoms with Gasteiger partial charge < -0.3 is 0 Å². The number of carbonyl (C=O) groups excluding carboxylic acids is 1. The molecule has 0 amide bonds. The summed E-state index contributed by atoms with van der Waals surface area (Å²) < 4.78 is 21.6. The summed E-state index contributed by atoms with van der Waals surface area (Å²) in [7, 11) is -3.37. The average molecular weight is 158 g/mol. The molecule has 0 aromatic rings. The first-order chi connectivity index (χ1) is 4.45. The molecule has 0 bridgehead atoms. The molecule has 0 unspecified atom stereocenters. The minimum Gasteiger partial charge on any atom is -0.293 e. The Morgan fingerprint density at radius 1 is 1.30 bits per heavy atom. The van der Waals surface area contributed by atoms with Crippen LogP contribution < -0.4 is 0 Å². The molecule has 54 valence electrons. The van der Waals surface area contributed by atoms with Crippen molar-refractivity contribution in [2.24, 2.45) is 0 Å². The van der Waals surface area contributed by atoms with Crippen molar-refractivity contribution in [2.45, 2.75) is 0 Å². The highest BCUT2D eigenvalue weighted by molar-refractivity contribution is 7.97.